The summed E-state index contributed by atoms with van der Waals surface area (Å²) in [4.78, 5) is 2.44. The largest absolute Gasteiger partial charge is 0.435 e. The van der Waals surface area contributed by atoms with E-state index in [9.17, 15) is 8.78 Å². The molecule has 1 aromatic carbocycles. The molecule has 1 N–H and O–H groups in total. The summed E-state index contributed by atoms with van der Waals surface area (Å²) in [6.07, 6.45) is 6.19. The Morgan fingerprint density at radius 2 is 2.04 bits per heavy atom. The van der Waals surface area contributed by atoms with E-state index in [0.717, 1.165) is 57.4 Å². The van der Waals surface area contributed by atoms with Gasteiger partial charge in [-0.2, -0.15) is 8.78 Å². The van der Waals surface area contributed by atoms with Crippen molar-refractivity contribution in [2.45, 2.75) is 38.3 Å². The molecule has 0 spiro atoms. The zero-order valence-corrected chi connectivity index (χ0v) is 13.5. The average molecular weight is 324 g/mol. The zero-order chi connectivity index (χ0) is 16.5. The van der Waals surface area contributed by atoms with Crippen LogP contribution in [0.5, 0.6) is 5.75 Å². The monoisotopic (exact) mass is 324 g/mol. The summed E-state index contributed by atoms with van der Waals surface area (Å²) in [6.45, 7) is 4.87. The number of rotatable bonds is 9. The number of nitrogens with one attached hydrogen (secondary N) is 1. The quantitative estimate of drug-likeness (QED) is 0.549. The van der Waals surface area contributed by atoms with Gasteiger partial charge in [0.05, 0.1) is 0 Å². The third-order valence-corrected chi connectivity index (χ3v) is 4.20. The first kappa shape index (κ1) is 17.9. The van der Waals surface area contributed by atoms with Crippen LogP contribution in [0.3, 0.4) is 0 Å². The lowest BCUT2D eigenvalue weighted by Gasteiger charge is -2.35. The van der Waals surface area contributed by atoms with Gasteiger partial charge in [0.15, 0.2) is 0 Å². The molecule has 1 aliphatic rings. The highest BCUT2D eigenvalue weighted by atomic mass is 19.3. The third kappa shape index (κ3) is 5.92. The number of piperazine rings is 1. The van der Waals surface area contributed by atoms with Crippen molar-refractivity contribution in [2.75, 3.05) is 26.2 Å². The molecule has 0 saturated carbocycles. The number of benzene rings is 1. The van der Waals surface area contributed by atoms with Gasteiger partial charge in [-0.25, -0.2) is 0 Å². The minimum absolute atomic E-state index is 0.240. The molecule has 1 aromatic rings. The van der Waals surface area contributed by atoms with Crippen LogP contribution in [0, 0.1) is 0 Å². The molecule has 0 unspecified atom stereocenters. The molecule has 2 rings (SSSR count). The van der Waals surface area contributed by atoms with Crippen molar-refractivity contribution in [3.8, 4) is 5.75 Å². The summed E-state index contributed by atoms with van der Waals surface area (Å²) in [5.41, 5.74) is 1.06. The highest BCUT2D eigenvalue weighted by Gasteiger charge is 2.22. The number of hydrogen-bond donors (Lipinski definition) is 1. The molecule has 0 radical (unpaired) electrons. The predicted octanol–water partition coefficient (Wildman–Crippen LogP) is 3.98. The van der Waals surface area contributed by atoms with Crippen molar-refractivity contribution >= 4 is 0 Å². The maximum atomic E-state index is 12.4. The maximum absolute atomic E-state index is 12.4. The van der Waals surface area contributed by atoms with Crippen molar-refractivity contribution in [1.82, 2.24) is 10.2 Å². The molecule has 0 aromatic heterocycles. The Morgan fingerprint density at radius 1 is 1.26 bits per heavy atom. The zero-order valence-electron chi connectivity index (χ0n) is 13.5. The second-order valence-electron chi connectivity index (χ2n) is 5.83. The van der Waals surface area contributed by atoms with Crippen LogP contribution in [0.25, 0.3) is 0 Å². The standard InChI is InChI=1S/C18H26F2N2O/c1-2-3-4-5-9-17(22-12-10-21-11-13-22)15-7-6-8-16(14-15)23-18(19)20/h2,6-8,14,17-18,21H,1,3-5,9-13H2/t17-/m1/s1. The fraction of sp³-hybridized carbons (Fsp3) is 0.556. The normalized spacial score (nSPS) is 17.2. The minimum Gasteiger partial charge on any atom is -0.435 e. The van der Waals surface area contributed by atoms with Gasteiger partial charge >= 0.3 is 6.61 Å². The summed E-state index contributed by atoms with van der Waals surface area (Å²) in [7, 11) is 0. The minimum atomic E-state index is -2.78. The molecular formula is C18H26F2N2O. The van der Waals surface area contributed by atoms with Crippen LogP contribution in [-0.2, 0) is 0 Å². The lowest BCUT2D eigenvalue weighted by molar-refractivity contribution is -0.0499. The highest BCUT2D eigenvalue weighted by Crippen LogP contribution is 2.30. The van der Waals surface area contributed by atoms with E-state index in [-0.39, 0.29) is 11.8 Å². The fourth-order valence-corrected chi connectivity index (χ4v) is 3.08. The molecule has 1 atom stereocenters. The van der Waals surface area contributed by atoms with Crippen LogP contribution in [0.4, 0.5) is 8.78 Å². The van der Waals surface area contributed by atoms with Crippen molar-refractivity contribution in [2.24, 2.45) is 0 Å². The Labute approximate surface area is 137 Å². The van der Waals surface area contributed by atoms with Gasteiger partial charge in [0, 0.05) is 32.2 Å². The number of alkyl halides is 2. The van der Waals surface area contributed by atoms with Gasteiger partial charge in [-0.15, -0.1) is 6.58 Å². The molecule has 1 saturated heterocycles. The van der Waals surface area contributed by atoms with Gasteiger partial charge in [-0.05, 0) is 37.0 Å². The van der Waals surface area contributed by atoms with E-state index in [0.29, 0.717) is 0 Å². The molecule has 1 fully saturated rings. The van der Waals surface area contributed by atoms with Crippen molar-refractivity contribution in [3.05, 3.63) is 42.5 Å². The Kier molecular flexibility index (Phi) is 7.49. The van der Waals surface area contributed by atoms with Crippen LogP contribution >= 0.6 is 0 Å². The van der Waals surface area contributed by atoms with E-state index in [2.05, 4.69) is 21.5 Å². The molecule has 1 aliphatic heterocycles. The number of unbranched alkanes of at least 4 members (excludes halogenated alkanes) is 2. The van der Waals surface area contributed by atoms with E-state index in [1.54, 1.807) is 18.2 Å². The van der Waals surface area contributed by atoms with Gasteiger partial charge in [-0.1, -0.05) is 24.6 Å². The first-order chi connectivity index (χ1) is 11.2. The first-order valence-electron chi connectivity index (χ1n) is 8.31. The summed E-state index contributed by atoms with van der Waals surface area (Å²) in [5, 5.41) is 3.36. The molecule has 128 valence electrons. The number of hydrogen-bond acceptors (Lipinski definition) is 3. The smallest absolute Gasteiger partial charge is 0.387 e. The van der Waals surface area contributed by atoms with Crippen LogP contribution in [-0.4, -0.2) is 37.7 Å². The first-order valence-corrected chi connectivity index (χ1v) is 8.31. The number of ether oxygens (including phenoxy) is 1. The number of nitrogens with zero attached hydrogens (tertiary/aromatic N) is 1. The lowest BCUT2D eigenvalue weighted by Crippen LogP contribution is -2.45. The van der Waals surface area contributed by atoms with E-state index in [1.165, 1.54) is 0 Å². The maximum Gasteiger partial charge on any atom is 0.387 e. The van der Waals surface area contributed by atoms with Crippen LogP contribution in [0.2, 0.25) is 0 Å². The molecular weight excluding hydrogens is 298 g/mol. The predicted molar refractivity (Wildman–Crippen MR) is 88.9 cm³/mol. The number of allylic oxidation sites excluding steroid dienone is 1. The van der Waals surface area contributed by atoms with Crippen molar-refractivity contribution < 1.29 is 13.5 Å². The second-order valence-corrected chi connectivity index (χ2v) is 5.83. The van der Waals surface area contributed by atoms with Gasteiger partial charge < -0.3 is 10.1 Å². The van der Waals surface area contributed by atoms with E-state index >= 15 is 0 Å². The summed E-state index contributed by atoms with van der Waals surface area (Å²) >= 11 is 0. The molecule has 0 amide bonds. The molecule has 0 aliphatic carbocycles. The topological polar surface area (TPSA) is 24.5 Å². The van der Waals surface area contributed by atoms with Crippen LogP contribution in [0.15, 0.2) is 36.9 Å². The molecule has 1 heterocycles. The van der Waals surface area contributed by atoms with Gasteiger partial charge in [0.2, 0.25) is 0 Å². The summed E-state index contributed by atoms with van der Waals surface area (Å²) in [5.74, 6) is 0.240. The Morgan fingerprint density at radius 3 is 2.74 bits per heavy atom. The third-order valence-electron chi connectivity index (χ3n) is 4.20. The summed E-state index contributed by atoms with van der Waals surface area (Å²) < 4.78 is 29.4. The summed E-state index contributed by atoms with van der Waals surface area (Å²) in [6, 6.07) is 7.40. The van der Waals surface area contributed by atoms with Crippen molar-refractivity contribution in [1.29, 1.82) is 0 Å². The molecule has 5 heteroatoms. The SMILES string of the molecule is C=CCCCC[C@H](c1cccc(OC(F)F)c1)N1CCNCC1. The average Bonchev–Trinajstić information content (AvgIpc) is 2.55. The lowest BCUT2D eigenvalue weighted by atomic mass is 9.98. The molecule has 23 heavy (non-hydrogen) atoms. The molecule has 3 nitrogen and oxygen atoms in total. The van der Waals surface area contributed by atoms with E-state index in [1.807, 2.05) is 12.1 Å². The Bertz CT molecular complexity index is 476. The van der Waals surface area contributed by atoms with Crippen molar-refractivity contribution in [3.63, 3.8) is 0 Å². The Hall–Kier alpha value is -1.46. The van der Waals surface area contributed by atoms with E-state index in [4.69, 9.17) is 0 Å². The second kappa shape index (κ2) is 9.63. The van der Waals surface area contributed by atoms with Crippen LogP contribution < -0.4 is 10.1 Å². The van der Waals surface area contributed by atoms with Gasteiger partial charge in [0.25, 0.3) is 0 Å². The van der Waals surface area contributed by atoms with Gasteiger partial charge in [0.1, 0.15) is 5.75 Å². The van der Waals surface area contributed by atoms with Gasteiger partial charge in [-0.3, -0.25) is 4.90 Å². The Balaban J connectivity index is 2.09. The highest BCUT2D eigenvalue weighted by molar-refractivity contribution is 5.30. The molecule has 0 bridgehead atoms. The van der Waals surface area contributed by atoms with Crippen LogP contribution in [0.1, 0.15) is 37.3 Å². The number of halogens is 2. The fourth-order valence-electron chi connectivity index (χ4n) is 3.08. The van der Waals surface area contributed by atoms with E-state index < -0.39 is 6.61 Å².